The van der Waals surface area contributed by atoms with Gasteiger partial charge in [-0.05, 0) is 18.8 Å². The Kier molecular flexibility index (Phi) is 4.01. The van der Waals surface area contributed by atoms with Gasteiger partial charge < -0.3 is 14.6 Å². The number of carbonyl (C=O) groups excluding carboxylic acids is 1. The molecule has 100 valence electrons. The van der Waals surface area contributed by atoms with Crippen LogP contribution in [0.5, 0.6) is 0 Å². The molecule has 1 unspecified atom stereocenters. The lowest BCUT2D eigenvalue weighted by Crippen LogP contribution is -2.39. The number of imidazole rings is 1. The Balaban J connectivity index is 1.93. The van der Waals surface area contributed by atoms with Gasteiger partial charge in [-0.3, -0.25) is 4.79 Å². The highest BCUT2D eigenvalue weighted by molar-refractivity contribution is 5.76. The van der Waals surface area contributed by atoms with Crippen LogP contribution in [-0.2, 0) is 11.8 Å². The van der Waals surface area contributed by atoms with Gasteiger partial charge in [0.05, 0.1) is 6.42 Å². The molecule has 0 spiro atoms. The first-order valence-electron chi connectivity index (χ1n) is 6.51. The molecule has 1 amide bonds. The average molecular weight is 251 g/mol. The quantitative estimate of drug-likeness (QED) is 0.875. The van der Waals surface area contributed by atoms with Crippen molar-refractivity contribution in [3.63, 3.8) is 0 Å². The van der Waals surface area contributed by atoms with E-state index in [4.69, 9.17) is 0 Å². The maximum absolute atomic E-state index is 12.1. The fourth-order valence-electron chi connectivity index (χ4n) is 2.50. The van der Waals surface area contributed by atoms with E-state index in [9.17, 15) is 9.90 Å². The Morgan fingerprint density at radius 2 is 2.44 bits per heavy atom. The van der Waals surface area contributed by atoms with E-state index in [1.807, 2.05) is 11.9 Å². The summed E-state index contributed by atoms with van der Waals surface area (Å²) in [7, 11) is 1.82. The molecule has 0 bridgehead atoms. The molecule has 1 fully saturated rings. The molecule has 18 heavy (non-hydrogen) atoms. The smallest absolute Gasteiger partial charge is 0.225 e. The zero-order valence-corrected chi connectivity index (χ0v) is 11.0. The lowest BCUT2D eigenvalue weighted by atomic mass is 10.00. The van der Waals surface area contributed by atoms with E-state index in [1.165, 1.54) is 6.42 Å². The molecule has 2 heterocycles. The van der Waals surface area contributed by atoms with Crippen LogP contribution in [0.2, 0.25) is 0 Å². The third-order valence-electron chi connectivity index (χ3n) is 3.53. The second kappa shape index (κ2) is 5.52. The van der Waals surface area contributed by atoms with Gasteiger partial charge >= 0.3 is 0 Å². The molecule has 0 saturated carbocycles. The van der Waals surface area contributed by atoms with Gasteiger partial charge in [-0.1, -0.05) is 6.92 Å². The number of aryl methyl sites for hydroxylation is 1. The Hall–Kier alpha value is -1.36. The fraction of sp³-hybridized carbons (Fsp3) is 0.692. The minimum absolute atomic E-state index is 0.0250. The fourth-order valence-corrected chi connectivity index (χ4v) is 2.50. The van der Waals surface area contributed by atoms with Gasteiger partial charge in [0, 0.05) is 32.5 Å². The van der Waals surface area contributed by atoms with Crippen molar-refractivity contribution in [1.82, 2.24) is 14.5 Å². The Morgan fingerprint density at radius 1 is 1.67 bits per heavy atom. The lowest BCUT2D eigenvalue weighted by molar-refractivity contribution is -0.135. The third kappa shape index (κ3) is 2.90. The molecule has 0 aliphatic carbocycles. The van der Waals surface area contributed by atoms with Crippen molar-refractivity contribution < 1.29 is 9.90 Å². The Morgan fingerprint density at radius 3 is 3.06 bits per heavy atom. The van der Waals surface area contributed by atoms with Crippen LogP contribution in [0.4, 0.5) is 0 Å². The summed E-state index contributed by atoms with van der Waals surface area (Å²) < 4.78 is 1.75. The van der Waals surface area contributed by atoms with Crippen molar-refractivity contribution in [2.45, 2.75) is 32.3 Å². The summed E-state index contributed by atoms with van der Waals surface area (Å²) >= 11 is 0. The summed E-state index contributed by atoms with van der Waals surface area (Å²) in [6.45, 7) is 3.79. The van der Waals surface area contributed by atoms with Crippen LogP contribution in [0.25, 0.3) is 0 Å². The van der Waals surface area contributed by atoms with Crippen molar-refractivity contribution in [2.24, 2.45) is 13.0 Å². The van der Waals surface area contributed by atoms with Crippen LogP contribution >= 0.6 is 0 Å². The van der Waals surface area contributed by atoms with Gasteiger partial charge in [-0.15, -0.1) is 0 Å². The third-order valence-corrected chi connectivity index (χ3v) is 3.53. The van der Waals surface area contributed by atoms with Crippen molar-refractivity contribution in [3.8, 4) is 0 Å². The molecular weight excluding hydrogens is 230 g/mol. The van der Waals surface area contributed by atoms with Crippen LogP contribution in [0.15, 0.2) is 12.4 Å². The van der Waals surface area contributed by atoms with E-state index in [0.717, 1.165) is 19.5 Å². The second-order valence-electron chi connectivity index (χ2n) is 5.20. The molecule has 0 aromatic carbocycles. The molecule has 0 radical (unpaired) electrons. The first-order valence-corrected chi connectivity index (χ1v) is 6.51. The molecule has 1 N–H and O–H groups in total. The Labute approximate surface area is 107 Å². The molecular formula is C13H21N3O2. The van der Waals surface area contributed by atoms with E-state index < -0.39 is 6.10 Å². The number of aliphatic hydroxyl groups is 1. The summed E-state index contributed by atoms with van der Waals surface area (Å²) in [6.07, 6.45) is 4.96. The molecule has 2 atom stereocenters. The molecule has 1 aliphatic heterocycles. The minimum Gasteiger partial charge on any atom is -0.385 e. The molecule has 1 aliphatic rings. The molecule has 5 nitrogen and oxygen atoms in total. The summed E-state index contributed by atoms with van der Waals surface area (Å²) in [4.78, 5) is 18.0. The number of aliphatic hydroxyl groups excluding tert-OH is 1. The first-order chi connectivity index (χ1) is 8.58. The second-order valence-corrected chi connectivity index (χ2v) is 5.20. The maximum atomic E-state index is 12.1. The normalized spacial score (nSPS) is 21.9. The van der Waals surface area contributed by atoms with Gasteiger partial charge in [-0.2, -0.15) is 0 Å². The average Bonchev–Trinajstić information content (AvgIpc) is 2.75. The van der Waals surface area contributed by atoms with E-state index >= 15 is 0 Å². The highest BCUT2D eigenvalue weighted by Crippen LogP contribution is 2.20. The van der Waals surface area contributed by atoms with E-state index in [2.05, 4.69) is 11.9 Å². The zero-order valence-electron chi connectivity index (χ0n) is 11.0. The van der Waals surface area contributed by atoms with Gasteiger partial charge in [0.1, 0.15) is 11.9 Å². The zero-order chi connectivity index (χ0) is 13.1. The summed E-state index contributed by atoms with van der Waals surface area (Å²) in [6, 6.07) is 0. The van der Waals surface area contributed by atoms with Crippen molar-refractivity contribution >= 4 is 5.91 Å². The first kappa shape index (κ1) is 13.1. The Bertz CT molecular complexity index is 416. The van der Waals surface area contributed by atoms with E-state index in [0.29, 0.717) is 11.7 Å². The standard InChI is InChI=1S/C13H21N3O2/c1-10-4-3-6-16(9-10)12(18)8-11(17)13-14-5-7-15(13)2/h5,7,10-11,17H,3-4,6,8-9H2,1-2H3/t10-,11?/m0/s1. The van der Waals surface area contributed by atoms with E-state index in [1.54, 1.807) is 17.0 Å². The lowest BCUT2D eigenvalue weighted by Gasteiger charge is -2.31. The molecule has 1 aromatic heterocycles. The van der Waals surface area contributed by atoms with E-state index in [-0.39, 0.29) is 12.3 Å². The van der Waals surface area contributed by atoms with Crippen LogP contribution < -0.4 is 0 Å². The highest BCUT2D eigenvalue weighted by atomic mass is 16.3. The summed E-state index contributed by atoms with van der Waals surface area (Å²) in [5, 5.41) is 10.0. The highest BCUT2D eigenvalue weighted by Gasteiger charge is 2.24. The van der Waals surface area contributed by atoms with Crippen LogP contribution in [-0.4, -0.2) is 38.6 Å². The molecule has 2 rings (SSSR count). The molecule has 1 aromatic rings. The summed E-state index contributed by atoms with van der Waals surface area (Å²) in [5.74, 6) is 1.14. The number of amides is 1. The number of aromatic nitrogens is 2. The summed E-state index contributed by atoms with van der Waals surface area (Å²) in [5.41, 5.74) is 0. The topological polar surface area (TPSA) is 58.4 Å². The van der Waals surface area contributed by atoms with Gasteiger partial charge in [0.15, 0.2) is 0 Å². The monoisotopic (exact) mass is 251 g/mol. The van der Waals surface area contributed by atoms with Crippen LogP contribution in [0, 0.1) is 5.92 Å². The van der Waals surface area contributed by atoms with Crippen LogP contribution in [0.1, 0.15) is 38.1 Å². The van der Waals surface area contributed by atoms with Gasteiger partial charge in [0.25, 0.3) is 0 Å². The van der Waals surface area contributed by atoms with Gasteiger partial charge in [0.2, 0.25) is 5.91 Å². The number of likely N-dealkylation sites (tertiary alicyclic amines) is 1. The molecule has 1 saturated heterocycles. The number of piperidine rings is 1. The SMILES string of the molecule is C[C@H]1CCCN(C(=O)CC(O)c2nccn2C)C1. The maximum Gasteiger partial charge on any atom is 0.225 e. The largest absolute Gasteiger partial charge is 0.385 e. The number of hydrogen-bond acceptors (Lipinski definition) is 3. The minimum atomic E-state index is -0.810. The van der Waals surface area contributed by atoms with Crippen LogP contribution in [0.3, 0.4) is 0 Å². The van der Waals surface area contributed by atoms with Crippen molar-refractivity contribution in [3.05, 3.63) is 18.2 Å². The predicted molar refractivity (Wildman–Crippen MR) is 67.8 cm³/mol. The van der Waals surface area contributed by atoms with Crippen molar-refractivity contribution in [1.29, 1.82) is 0 Å². The number of carbonyl (C=O) groups is 1. The number of hydrogen-bond donors (Lipinski definition) is 1. The molecule has 5 heteroatoms. The number of rotatable bonds is 3. The number of nitrogens with zero attached hydrogens (tertiary/aromatic N) is 3. The predicted octanol–water partition coefficient (Wildman–Crippen LogP) is 1.10. The van der Waals surface area contributed by atoms with Crippen molar-refractivity contribution in [2.75, 3.05) is 13.1 Å². The van der Waals surface area contributed by atoms with Gasteiger partial charge in [-0.25, -0.2) is 4.98 Å².